The number of methoxy groups -OCH3 is 1. The van der Waals surface area contributed by atoms with Gasteiger partial charge in [-0.3, -0.25) is 0 Å². The number of hydrogen-bond donors (Lipinski definition) is 1. The van der Waals surface area contributed by atoms with Crippen LogP contribution in [-0.2, 0) is 4.74 Å². The Morgan fingerprint density at radius 2 is 1.88 bits per heavy atom. The maximum Gasteiger partial charge on any atom is 0.0623 e. The van der Waals surface area contributed by atoms with Crippen LogP contribution in [-0.4, -0.2) is 19.3 Å². The summed E-state index contributed by atoms with van der Waals surface area (Å²) >= 11 is 0. The van der Waals surface area contributed by atoms with Gasteiger partial charge in [-0.2, -0.15) is 0 Å². The standard InChI is InChI=1S/C15H25NO/c1-5-16-14(11-12-15(2,3)17-4)13-9-7-6-8-10-13/h6-10,14,16H,5,11-12H2,1-4H3. The lowest BCUT2D eigenvalue weighted by Gasteiger charge is -2.26. The average molecular weight is 235 g/mol. The lowest BCUT2D eigenvalue weighted by molar-refractivity contribution is 0.0117. The van der Waals surface area contributed by atoms with E-state index in [9.17, 15) is 0 Å². The molecule has 1 aromatic rings. The summed E-state index contributed by atoms with van der Waals surface area (Å²) in [4.78, 5) is 0. The Bertz CT molecular complexity index is 308. The summed E-state index contributed by atoms with van der Waals surface area (Å²) in [5.41, 5.74) is 1.32. The van der Waals surface area contributed by atoms with Crippen molar-refractivity contribution < 1.29 is 4.74 Å². The predicted octanol–water partition coefficient (Wildman–Crippen LogP) is 3.54. The van der Waals surface area contributed by atoms with Gasteiger partial charge in [-0.25, -0.2) is 0 Å². The molecule has 1 atom stereocenters. The maximum absolute atomic E-state index is 5.47. The van der Waals surface area contributed by atoms with E-state index in [2.05, 4.69) is 56.4 Å². The molecule has 2 heteroatoms. The Hall–Kier alpha value is -0.860. The molecule has 1 unspecified atom stereocenters. The molecule has 1 rings (SSSR count). The third-order valence-corrected chi connectivity index (χ3v) is 3.24. The van der Waals surface area contributed by atoms with Gasteiger partial charge in [0.25, 0.3) is 0 Å². The molecule has 0 amide bonds. The van der Waals surface area contributed by atoms with Crippen LogP contribution in [0, 0.1) is 0 Å². The summed E-state index contributed by atoms with van der Waals surface area (Å²) in [6.07, 6.45) is 2.15. The van der Waals surface area contributed by atoms with Crippen molar-refractivity contribution in [3.05, 3.63) is 35.9 Å². The minimum absolute atomic E-state index is 0.0392. The lowest BCUT2D eigenvalue weighted by atomic mass is 9.95. The van der Waals surface area contributed by atoms with Gasteiger partial charge >= 0.3 is 0 Å². The Labute approximate surface area is 105 Å². The van der Waals surface area contributed by atoms with Gasteiger partial charge in [0.2, 0.25) is 0 Å². The fraction of sp³-hybridized carbons (Fsp3) is 0.600. The first kappa shape index (κ1) is 14.2. The van der Waals surface area contributed by atoms with Gasteiger partial charge in [-0.15, -0.1) is 0 Å². The van der Waals surface area contributed by atoms with Crippen molar-refractivity contribution in [2.75, 3.05) is 13.7 Å². The summed E-state index contributed by atoms with van der Waals surface area (Å²) in [6.45, 7) is 7.42. The van der Waals surface area contributed by atoms with E-state index >= 15 is 0 Å². The van der Waals surface area contributed by atoms with E-state index in [0.29, 0.717) is 6.04 Å². The summed E-state index contributed by atoms with van der Waals surface area (Å²) in [7, 11) is 1.78. The molecular formula is C15H25NO. The van der Waals surface area contributed by atoms with Gasteiger partial charge in [-0.1, -0.05) is 37.3 Å². The largest absolute Gasteiger partial charge is 0.379 e. The van der Waals surface area contributed by atoms with E-state index in [1.165, 1.54) is 5.56 Å². The van der Waals surface area contributed by atoms with Gasteiger partial charge < -0.3 is 10.1 Å². The van der Waals surface area contributed by atoms with Crippen LogP contribution in [0.4, 0.5) is 0 Å². The second kappa shape index (κ2) is 6.77. The highest BCUT2D eigenvalue weighted by atomic mass is 16.5. The number of nitrogens with one attached hydrogen (secondary N) is 1. The van der Waals surface area contributed by atoms with E-state index in [4.69, 9.17) is 4.74 Å². The Kier molecular flexibility index (Phi) is 5.66. The zero-order chi connectivity index (χ0) is 12.7. The SMILES string of the molecule is CCNC(CCC(C)(C)OC)c1ccccc1. The Balaban J connectivity index is 2.61. The van der Waals surface area contributed by atoms with Gasteiger partial charge in [0, 0.05) is 13.2 Å². The molecule has 0 saturated heterocycles. The number of ether oxygens (including phenoxy) is 1. The minimum Gasteiger partial charge on any atom is -0.379 e. The number of benzene rings is 1. The van der Waals surface area contributed by atoms with Crippen molar-refractivity contribution in [2.45, 2.75) is 45.3 Å². The van der Waals surface area contributed by atoms with Crippen molar-refractivity contribution in [3.63, 3.8) is 0 Å². The first-order valence-electron chi connectivity index (χ1n) is 6.42. The van der Waals surface area contributed by atoms with Crippen LogP contribution in [0.15, 0.2) is 30.3 Å². The molecule has 0 aliphatic rings. The quantitative estimate of drug-likeness (QED) is 0.780. The molecule has 1 N–H and O–H groups in total. The predicted molar refractivity (Wildman–Crippen MR) is 73.2 cm³/mol. The molecule has 2 nitrogen and oxygen atoms in total. The first-order valence-corrected chi connectivity index (χ1v) is 6.42. The van der Waals surface area contributed by atoms with Crippen molar-refractivity contribution in [1.29, 1.82) is 0 Å². The van der Waals surface area contributed by atoms with Crippen LogP contribution in [0.5, 0.6) is 0 Å². The molecule has 0 aliphatic carbocycles. The van der Waals surface area contributed by atoms with Crippen molar-refractivity contribution >= 4 is 0 Å². The minimum atomic E-state index is -0.0392. The van der Waals surface area contributed by atoms with Crippen LogP contribution in [0.25, 0.3) is 0 Å². The normalized spacial score (nSPS) is 13.6. The molecule has 96 valence electrons. The maximum atomic E-state index is 5.47. The fourth-order valence-corrected chi connectivity index (χ4v) is 1.91. The van der Waals surface area contributed by atoms with Crippen molar-refractivity contribution in [1.82, 2.24) is 5.32 Å². The molecule has 0 aliphatic heterocycles. The van der Waals surface area contributed by atoms with Crippen molar-refractivity contribution in [2.24, 2.45) is 0 Å². The molecule has 17 heavy (non-hydrogen) atoms. The van der Waals surface area contributed by atoms with Gasteiger partial charge in [0.15, 0.2) is 0 Å². The summed E-state index contributed by atoms with van der Waals surface area (Å²) in [5, 5.41) is 3.54. The zero-order valence-corrected chi connectivity index (χ0v) is 11.5. The fourth-order valence-electron chi connectivity index (χ4n) is 1.91. The number of hydrogen-bond acceptors (Lipinski definition) is 2. The first-order chi connectivity index (χ1) is 8.09. The second-order valence-electron chi connectivity index (χ2n) is 5.02. The monoisotopic (exact) mass is 235 g/mol. The van der Waals surface area contributed by atoms with E-state index in [1.54, 1.807) is 7.11 Å². The van der Waals surface area contributed by atoms with Crippen LogP contribution >= 0.6 is 0 Å². The van der Waals surface area contributed by atoms with E-state index in [-0.39, 0.29) is 5.60 Å². The van der Waals surface area contributed by atoms with Crippen LogP contribution in [0.2, 0.25) is 0 Å². The smallest absolute Gasteiger partial charge is 0.0623 e. The van der Waals surface area contributed by atoms with Crippen molar-refractivity contribution in [3.8, 4) is 0 Å². The van der Waals surface area contributed by atoms with Gasteiger partial charge in [0.05, 0.1) is 5.60 Å². The summed E-state index contributed by atoms with van der Waals surface area (Å²) in [6, 6.07) is 11.1. The molecule has 0 saturated carbocycles. The molecule has 0 bridgehead atoms. The van der Waals surface area contributed by atoms with E-state index in [0.717, 1.165) is 19.4 Å². The average Bonchev–Trinajstić information content (AvgIpc) is 2.35. The molecule has 0 radical (unpaired) electrons. The van der Waals surface area contributed by atoms with E-state index in [1.807, 2.05) is 0 Å². The number of rotatable bonds is 7. The van der Waals surface area contributed by atoms with Crippen LogP contribution in [0.1, 0.15) is 45.2 Å². The molecule has 1 aromatic carbocycles. The molecular weight excluding hydrogens is 210 g/mol. The van der Waals surface area contributed by atoms with Gasteiger partial charge in [0.1, 0.15) is 0 Å². The Morgan fingerprint density at radius 3 is 2.41 bits per heavy atom. The Morgan fingerprint density at radius 1 is 1.24 bits per heavy atom. The van der Waals surface area contributed by atoms with E-state index < -0.39 is 0 Å². The highest BCUT2D eigenvalue weighted by Crippen LogP contribution is 2.24. The second-order valence-corrected chi connectivity index (χ2v) is 5.02. The molecule has 0 aromatic heterocycles. The van der Waals surface area contributed by atoms with Crippen LogP contribution < -0.4 is 5.32 Å². The lowest BCUT2D eigenvalue weighted by Crippen LogP contribution is -2.27. The zero-order valence-electron chi connectivity index (χ0n) is 11.5. The highest BCUT2D eigenvalue weighted by Gasteiger charge is 2.19. The molecule has 0 heterocycles. The topological polar surface area (TPSA) is 21.3 Å². The third kappa shape index (κ3) is 4.88. The highest BCUT2D eigenvalue weighted by molar-refractivity contribution is 5.18. The third-order valence-electron chi connectivity index (χ3n) is 3.24. The summed E-state index contributed by atoms with van der Waals surface area (Å²) < 4.78 is 5.47. The van der Waals surface area contributed by atoms with Gasteiger partial charge in [-0.05, 0) is 38.8 Å². The van der Waals surface area contributed by atoms with Crippen LogP contribution in [0.3, 0.4) is 0 Å². The molecule has 0 spiro atoms. The summed E-state index contributed by atoms with van der Waals surface area (Å²) in [5.74, 6) is 0. The molecule has 0 fully saturated rings.